The van der Waals surface area contributed by atoms with Crippen LogP contribution in [0, 0.1) is 0 Å². The lowest BCUT2D eigenvalue weighted by Gasteiger charge is -2.16. The fraction of sp³-hybridized carbons (Fsp3) is 0.357. The number of hydrogen-bond acceptors (Lipinski definition) is 4. The van der Waals surface area contributed by atoms with Crippen molar-refractivity contribution in [3.8, 4) is 0 Å². The lowest BCUT2D eigenvalue weighted by Crippen LogP contribution is -2.32. The summed E-state index contributed by atoms with van der Waals surface area (Å²) in [6.07, 6.45) is 3.06. The summed E-state index contributed by atoms with van der Waals surface area (Å²) in [6, 6.07) is 7.96. The molecular weight excluding hydrogens is 256 g/mol. The van der Waals surface area contributed by atoms with Gasteiger partial charge in [-0.2, -0.15) is 0 Å². The molecule has 2 heterocycles. The Bertz CT molecular complexity index is 623. The number of rotatable bonds is 4. The molecule has 0 saturated heterocycles. The molecule has 1 N–H and O–H groups in total. The Hall–Kier alpha value is -2.21. The molecule has 0 saturated carbocycles. The normalized spacial score (nSPS) is 13.6. The molecule has 0 unspecified atom stereocenters. The van der Waals surface area contributed by atoms with Crippen molar-refractivity contribution in [2.45, 2.75) is 19.4 Å². The zero-order valence-electron chi connectivity index (χ0n) is 11.1. The van der Waals surface area contributed by atoms with Crippen LogP contribution in [0.3, 0.4) is 0 Å². The number of anilines is 1. The Labute approximate surface area is 116 Å². The molecule has 1 amide bonds. The van der Waals surface area contributed by atoms with Crippen LogP contribution < -0.4 is 4.90 Å². The molecule has 0 atom stereocenters. The number of carbonyl (C=O) groups is 1. The molecule has 1 aliphatic heterocycles. The summed E-state index contributed by atoms with van der Waals surface area (Å²) in [5.74, 6) is 0.00963. The van der Waals surface area contributed by atoms with Gasteiger partial charge in [0.2, 0.25) is 5.91 Å². The Balaban J connectivity index is 1.71. The molecule has 2 aromatic rings. The second kappa shape index (κ2) is 5.42. The zero-order chi connectivity index (χ0) is 13.9. The average Bonchev–Trinajstić information content (AvgIpc) is 3.06. The number of para-hydroxylation sites is 1. The first-order valence-corrected chi connectivity index (χ1v) is 6.66. The summed E-state index contributed by atoms with van der Waals surface area (Å²) in [6.45, 7) is 0.926. The van der Waals surface area contributed by atoms with Crippen molar-refractivity contribution in [3.63, 3.8) is 0 Å². The summed E-state index contributed by atoms with van der Waals surface area (Å²) in [7, 11) is 0. The SMILES string of the molecule is O=C(Cn1cc(CCO)nn1)N1CCc2ccccc21. The molecule has 104 valence electrons. The van der Waals surface area contributed by atoms with E-state index in [0.717, 1.165) is 18.7 Å². The van der Waals surface area contributed by atoms with Gasteiger partial charge in [0.05, 0.1) is 5.69 Å². The summed E-state index contributed by atoms with van der Waals surface area (Å²) in [5.41, 5.74) is 2.90. The third-order valence-corrected chi connectivity index (χ3v) is 3.44. The number of hydrogen-bond donors (Lipinski definition) is 1. The minimum absolute atomic E-state index is 0.00963. The van der Waals surface area contributed by atoms with E-state index in [9.17, 15) is 4.79 Å². The monoisotopic (exact) mass is 272 g/mol. The van der Waals surface area contributed by atoms with Crippen molar-refractivity contribution in [2.24, 2.45) is 0 Å². The van der Waals surface area contributed by atoms with Gasteiger partial charge >= 0.3 is 0 Å². The highest BCUT2D eigenvalue weighted by Crippen LogP contribution is 2.27. The number of nitrogens with zero attached hydrogens (tertiary/aromatic N) is 4. The van der Waals surface area contributed by atoms with Crippen LogP contribution in [0.5, 0.6) is 0 Å². The predicted octanol–water partition coefficient (Wildman–Crippen LogP) is 0.402. The van der Waals surface area contributed by atoms with Gasteiger partial charge in [-0.05, 0) is 18.1 Å². The van der Waals surface area contributed by atoms with Crippen LogP contribution in [0.25, 0.3) is 0 Å². The Morgan fingerprint density at radius 3 is 3.05 bits per heavy atom. The molecule has 20 heavy (non-hydrogen) atoms. The van der Waals surface area contributed by atoms with Gasteiger partial charge in [-0.15, -0.1) is 5.10 Å². The van der Waals surface area contributed by atoms with Gasteiger partial charge in [0, 0.05) is 31.5 Å². The van der Waals surface area contributed by atoms with Crippen LogP contribution >= 0.6 is 0 Å². The van der Waals surface area contributed by atoms with Crippen LogP contribution in [-0.4, -0.2) is 39.2 Å². The van der Waals surface area contributed by atoms with E-state index < -0.39 is 0 Å². The molecule has 3 rings (SSSR count). The fourth-order valence-electron chi connectivity index (χ4n) is 2.47. The third kappa shape index (κ3) is 2.42. The van der Waals surface area contributed by atoms with Crippen molar-refractivity contribution in [1.29, 1.82) is 0 Å². The zero-order valence-corrected chi connectivity index (χ0v) is 11.1. The number of fused-ring (bicyclic) bond motifs is 1. The minimum Gasteiger partial charge on any atom is -0.396 e. The summed E-state index contributed by atoms with van der Waals surface area (Å²) < 4.78 is 1.52. The lowest BCUT2D eigenvalue weighted by atomic mass is 10.2. The number of aliphatic hydroxyl groups is 1. The Morgan fingerprint density at radius 2 is 2.20 bits per heavy atom. The standard InChI is InChI=1S/C14H16N4O2/c19-8-6-12-9-17(16-15-12)10-14(20)18-7-5-11-3-1-2-4-13(11)18/h1-4,9,19H,5-8,10H2. The van der Waals surface area contributed by atoms with Gasteiger partial charge in [-0.25, -0.2) is 4.68 Å². The number of amides is 1. The van der Waals surface area contributed by atoms with Gasteiger partial charge in [0.1, 0.15) is 6.54 Å². The third-order valence-electron chi connectivity index (χ3n) is 3.44. The fourth-order valence-corrected chi connectivity index (χ4v) is 2.47. The first kappa shape index (κ1) is 12.8. The first-order valence-electron chi connectivity index (χ1n) is 6.66. The largest absolute Gasteiger partial charge is 0.396 e. The van der Waals surface area contributed by atoms with Gasteiger partial charge in [-0.1, -0.05) is 23.4 Å². The van der Waals surface area contributed by atoms with Gasteiger partial charge in [-0.3, -0.25) is 4.79 Å². The second-order valence-electron chi connectivity index (χ2n) is 4.81. The number of carbonyl (C=O) groups excluding carboxylic acids is 1. The van der Waals surface area contributed by atoms with Crippen LogP contribution in [0.15, 0.2) is 30.5 Å². The summed E-state index contributed by atoms with van der Waals surface area (Å²) in [5, 5.41) is 16.7. The Morgan fingerprint density at radius 1 is 1.35 bits per heavy atom. The van der Waals surface area contributed by atoms with Crippen molar-refractivity contribution in [3.05, 3.63) is 41.7 Å². The van der Waals surface area contributed by atoms with Gasteiger partial charge < -0.3 is 10.0 Å². The lowest BCUT2D eigenvalue weighted by molar-refractivity contribution is -0.119. The number of aliphatic hydroxyl groups excluding tert-OH is 1. The topological polar surface area (TPSA) is 71.2 Å². The first-order chi connectivity index (χ1) is 9.78. The van der Waals surface area contributed by atoms with Crippen molar-refractivity contribution < 1.29 is 9.90 Å². The predicted molar refractivity (Wildman–Crippen MR) is 73.3 cm³/mol. The molecule has 6 nitrogen and oxygen atoms in total. The highest BCUT2D eigenvalue weighted by atomic mass is 16.3. The molecule has 6 heteroatoms. The Kier molecular flexibility index (Phi) is 3.47. The average molecular weight is 272 g/mol. The second-order valence-corrected chi connectivity index (χ2v) is 4.81. The number of benzene rings is 1. The van der Waals surface area contributed by atoms with Crippen LogP contribution in [0.2, 0.25) is 0 Å². The van der Waals surface area contributed by atoms with Gasteiger partial charge in [0.25, 0.3) is 0 Å². The van der Waals surface area contributed by atoms with Crippen LogP contribution in [0.1, 0.15) is 11.3 Å². The van der Waals surface area contributed by atoms with E-state index in [1.54, 1.807) is 11.1 Å². The molecule has 0 radical (unpaired) electrons. The minimum atomic E-state index is 0.00963. The van der Waals surface area contributed by atoms with E-state index in [-0.39, 0.29) is 19.1 Å². The smallest absolute Gasteiger partial charge is 0.248 e. The maximum atomic E-state index is 12.3. The quantitative estimate of drug-likeness (QED) is 0.874. The molecule has 0 bridgehead atoms. The van der Waals surface area contributed by atoms with Crippen molar-refractivity contribution in [2.75, 3.05) is 18.1 Å². The number of aromatic nitrogens is 3. The molecule has 0 spiro atoms. The molecule has 1 aliphatic rings. The summed E-state index contributed by atoms with van der Waals surface area (Å²) in [4.78, 5) is 14.1. The molecule has 1 aromatic heterocycles. The van der Waals surface area contributed by atoms with E-state index in [2.05, 4.69) is 16.4 Å². The maximum absolute atomic E-state index is 12.3. The van der Waals surface area contributed by atoms with Crippen LogP contribution in [-0.2, 0) is 24.2 Å². The highest BCUT2D eigenvalue weighted by molar-refractivity contribution is 5.95. The molecule has 0 fully saturated rings. The van der Waals surface area contributed by atoms with E-state index in [1.165, 1.54) is 10.2 Å². The highest BCUT2D eigenvalue weighted by Gasteiger charge is 2.24. The van der Waals surface area contributed by atoms with Crippen molar-refractivity contribution in [1.82, 2.24) is 15.0 Å². The van der Waals surface area contributed by atoms with Crippen LogP contribution in [0.4, 0.5) is 5.69 Å². The molecule has 0 aliphatic carbocycles. The maximum Gasteiger partial charge on any atom is 0.248 e. The van der Waals surface area contributed by atoms with E-state index in [4.69, 9.17) is 5.11 Å². The molecule has 1 aromatic carbocycles. The van der Waals surface area contributed by atoms with Crippen molar-refractivity contribution >= 4 is 11.6 Å². The van der Waals surface area contributed by atoms with E-state index in [1.807, 2.05) is 18.2 Å². The van der Waals surface area contributed by atoms with Gasteiger partial charge in [0.15, 0.2) is 0 Å². The van der Waals surface area contributed by atoms with E-state index in [0.29, 0.717) is 12.1 Å². The van der Waals surface area contributed by atoms with E-state index >= 15 is 0 Å². The summed E-state index contributed by atoms with van der Waals surface area (Å²) >= 11 is 0. The molecular formula is C14H16N4O2.